The largest absolute Gasteiger partial charge is 0.481 e. The number of benzene rings is 1. The van der Waals surface area contributed by atoms with Crippen molar-refractivity contribution in [2.45, 2.75) is 32.8 Å². The van der Waals surface area contributed by atoms with E-state index in [-0.39, 0.29) is 5.91 Å². The highest BCUT2D eigenvalue weighted by Crippen LogP contribution is 2.22. The number of methoxy groups -OCH3 is 1. The van der Waals surface area contributed by atoms with Gasteiger partial charge in [-0.3, -0.25) is 4.79 Å². The molecule has 0 aliphatic heterocycles. The Bertz CT molecular complexity index is 437. The van der Waals surface area contributed by atoms with Crippen molar-refractivity contribution in [3.63, 3.8) is 0 Å². The lowest BCUT2D eigenvalue weighted by molar-refractivity contribution is -0.128. The summed E-state index contributed by atoms with van der Waals surface area (Å²) in [6, 6.07) is 5.38. The first-order valence-corrected chi connectivity index (χ1v) is 7.15. The Kier molecular flexibility index (Phi) is 7.41. The van der Waals surface area contributed by atoms with Gasteiger partial charge in [-0.15, -0.1) is 0 Å². The van der Waals surface area contributed by atoms with E-state index >= 15 is 0 Å². The summed E-state index contributed by atoms with van der Waals surface area (Å²) in [6.07, 6.45) is 0.911. The maximum Gasteiger partial charge on any atom is 0.261 e. The van der Waals surface area contributed by atoms with Crippen LogP contribution >= 0.6 is 11.6 Å². The van der Waals surface area contributed by atoms with Gasteiger partial charge < -0.3 is 14.8 Å². The molecule has 0 heterocycles. The van der Waals surface area contributed by atoms with Crippen molar-refractivity contribution in [1.29, 1.82) is 0 Å². The van der Waals surface area contributed by atoms with Crippen molar-refractivity contribution in [2.24, 2.45) is 0 Å². The lowest BCUT2D eigenvalue weighted by Crippen LogP contribution is -2.38. The summed E-state index contributed by atoms with van der Waals surface area (Å²) in [7, 11) is 1.64. The molecule has 1 rings (SSSR count). The van der Waals surface area contributed by atoms with E-state index in [9.17, 15) is 4.79 Å². The third-order valence-corrected chi connectivity index (χ3v) is 3.32. The molecule has 0 radical (unpaired) electrons. The lowest BCUT2D eigenvalue weighted by atomic mass is 10.2. The Balaban J connectivity index is 2.52. The Morgan fingerprint density at radius 1 is 1.45 bits per heavy atom. The minimum atomic E-state index is -0.488. The van der Waals surface area contributed by atoms with Crippen LogP contribution in [0, 0.1) is 6.92 Å². The Hall–Kier alpha value is -1.26. The second-order valence-electron chi connectivity index (χ2n) is 4.56. The van der Waals surface area contributed by atoms with Gasteiger partial charge in [-0.05, 0) is 43.5 Å². The predicted molar refractivity (Wildman–Crippen MR) is 80.4 cm³/mol. The number of nitrogens with one attached hydrogen (secondary N) is 1. The summed E-state index contributed by atoms with van der Waals surface area (Å²) in [5, 5.41) is 3.53. The summed E-state index contributed by atoms with van der Waals surface area (Å²) in [4.78, 5) is 12.0. The number of hydrogen-bond donors (Lipinski definition) is 1. The van der Waals surface area contributed by atoms with E-state index in [1.54, 1.807) is 19.2 Å². The maximum atomic E-state index is 12.0. The summed E-state index contributed by atoms with van der Waals surface area (Å²) in [5.41, 5.74) is 0.930. The van der Waals surface area contributed by atoms with E-state index in [1.807, 2.05) is 19.9 Å². The second-order valence-corrected chi connectivity index (χ2v) is 4.97. The molecule has 4 nitrogen and oxygen atoms in total. The summed E-state index contributed by atoms with van der Waals surface area (Å²) < 4.78 is 10.7. The number of aryl methyl sites for hydroxylation is 1. The highest BCUT2D eigenvalue weighted by atomic mass is 35.5. The van der Waals surface area contributed by atoms with E-state index in [2.05, 4.69) is 5.32 Å². The van der Waals surface area contributed by atoms with Gasteiger partial charge in [0.25, 0.3) is 5.91 Å². The Morgan fingerprint density at radius 2 is 2.20 bits per heavy atom. The molecule has 1 aromatic rings. The zero-order valence-electron chi connectivity index (χ0n) is 12.2. The van der Waals surface area contributed by atoms with Crippen LogP contribution in [-0.4, -0.2) is 32.3 Å². The van der Waals surface area contributed by atoms with Crippen molar-refractivity contribution >= 4 is 17.5 Å². The molecule has 112 valence electrons. The van der Waals surface area contributed by atoms with Gasteiger partial charge in [0.1, 0.15) is 5.75 Å². The fourth-order valence-electron chi connectivity index (χ4n) is 1.72. The molecule has 1 unspecified atom stereocenters. The third-order valence-electron chi connectivity index (χ3n) is 2.90. The molecule has 0 saturated carbocycles. The van der Waals surface area contributed by atoms with Gasteiger partial charge in [0, 0.05) is 25.3 Å². The van der Waals surface area contributed by atoms with Crippen LogP contribution in [0.1, 0.15) is 25.3 Å². The quantitative estimate of drug-likeness (QED) is 0.751. The minimum Gasteiger partial charge on any atom is -0.481 e. The van der Waals surface area contributed by atoms with Crippen molar-refractivity contribution < 1.29 is 14.3 Å². The molecule has 1 N–H and O–H groups in total. The zero-order valence-corrected chi connectivity index (χ0v) is 13.0. The number of hydrogen-bond acceptors (Lipinski definition) is 3. The third kappa shape index (κ3) is 5.39. The van der Waals surface area contributed by atoms with E-state index in [4.69, 9.17) is 21.1 Å². The van der Waals surface area contributed by atoms with Crippen LogP contribution in [0.4, 0.5) is 0 Å². The fraction of sp³-hybridized carbons (Fsp3) is 0.533. The molecule has 0 aliphatic rings. The van der Waals surface area contributed by atoms with Gasteiger partial charge in [0.15, 0.2) is 6.10 Å². The van der Waals surface area contributed by atoms with E-state index in [0.717, 1.165) is 12.0 Å². The number of carbonyl (C=O) groups excluding carboxylic acids is 1. The molecule has 0 aromatic heterocycles. The van der Waals surface area contributed by atoms with E-state index in [0.29, 0.717) is 30.3 Å². The van der Waals surface area contributed by atoms with Gasteiger partial charge in [0.2, 0.25) is 0 Å². The van der Waals surface area contributed by atoms with Crippen LogP contribution in [0.5, 0.6) is 5.75 Å². The standard InChI is InChI=1S/C15H22ClNO3/c1-4-14(15(18)17-8-5-9-19-3)20-12-6-7-13(16)11(2)10-12/h6-7,10,14H,4-5,8-9H2,1-3H3,(H,17,18). The van der Waals surface area contributed by atoms with Gasteiger partial charge >= 0.3 is 0 Å². The van der Waals surface area contributed by atoms with Crippen LogP contribution in [0.2, 0.25) is 5.02 Å². The Labute approximate surface area is 125 Å². The van der Waals surface area contributed by atoms with Crippen molar-refractivity contribution in [2.75, 3.05) is 20.3 Å². The SMILES string of the molecule is CCC(Oc1ccc(Cl)c(C)c1)C(=O)NCCCOC. The molecule has 0 aliphatic carbocycles. The first kappa shape index (κ1) is 16.8. The van der Waals surface area contributed by atoms with Crippen LogP contribution in [0.25, 0.3) is 0 Å². The highest BCUT2D eigenvalue weighted by molar-refractivity contribution is 6.31. The fourth-order valence-corrected chi connectivity index (χ4v) is 1.84. The van der Waals surface area contributed by atoms with Crippen molar-refractivity contribution in [3.05, 3.63) is 28.8 Å². The second kappa shape index (κ2) is 8.82. The number of rotatable bonds is 8. The van der Waals surface area contributed by atoms with E-state index < -0.39 is 6.10 Å². The average molecular weight is 300 g/mol. The molecule has 1 amide bonds. The molecule has 0 bridgehead atoms. The lowest BCUT2D eigenvalue weighted by Gasteiger charge is -2.17. The molecular weight excluding hydrogens is 278 g/mol. The minimum absolute atomic E-state index is 0.101. The van der Waals surface area contributed by atoms with Gasteiger partial charge in [0.05, 0.1) is 0 Å². The molecule has 0 spiro atoms. The van der Waals surface area contributed by atoms with Crippen LogP contribution < -0.4 is 10.1 Å². The van der Waals surface area contributed by atoms with E-state index in [1.165, 1.54) is 0 Å². The molecule has 5 heteroatoms. The Morgan fingerprint density at radius 3 is 2.80 bits per heavy atom. The van der Waals surface area contributed by atoms with Gasteiger partial charge in [-0.25, -0.2) is 0 Å². The number of amides is 1. The predicted octanol–water partition coefficient (Wildman–Crippen LogP) is 2.96. The summed E-state index contributed by atoms with van der Waals surface area (Å²) in [5.74, 6) is 0.557. The topological polar surface area (TPSA) is 47.6 Å². The first-order chi connectivity index (χ1) is 9.58. The molecule has 20 heavy (non-hydrogen) atoms. The van der Waals surface area contributed by atoms with Gasteiger partial charge in [-0.1, -0.05) is 18.5 Å². The average Bonchev–Trinajstić information content (AvgIpc) is 2.44. The maximum absolute atomic E-state index is 12.0. The van der Waals surface area contributed by atoms with Crippen LogP contribution in [-0.2, 0) is 9.53 Å². The van der Waals surface area contributed by atoms with Gasteiger partial charge in [-0.2, -0.15) is 0 Å². The monoisotopic (exact) mass is 299 g/mol. The normalized spacial score (nSPS) is 12.0. The molecule has 0 fully saturated rings. The smallest absolute Gasteiger partial charge is 0.261 e. The molecule has 1 aromatic carbocycles. The van der Waals surface area contributed by atoms with Crippen LogP contribution in [0.3, 0.4) is 0 Å². The number of halogens is 1. The summed E-state index contributed by atoms with van der Waals surface area (Å²) in [6.45, 7) is 5.05. The molecule has 0 saturated heterocycles. The van der Waals surface area contributed by atoms with Crippen molar-refractivity contribution in [1.82, 2.24) is 5.32 Å². The molecular formula is C15H22ClNO3. The number of carbonyl (C=O) groups is 1. The number of ether oxygens (including phenoxy) is 2. The highest BCUT2D eigenvalue weighted by Gasteiger charge is 2.17. The van der Waals surface area contributed by atoms with Crippen molar-refractivity contribution in [3.8, 4) is 5.75 Å². The van der Waals surface area contributed by atoms with Crippen LogP contribution in [0.15, 0.2) is 18.2 Å². The summed E-state index contributed by atoms with van der Waals surface area (Å²) >= 11 is 5.97. The molecule has 1 atom stereocenters. The first-order valence-electron chi connectivity index (χ1n) is 6.78. The zero-order chi connectivity index (χ0) is 15.0.